The zero-order valence-corrected chi connectivity index (χ0v) is 14.7. The van der Waals surface area contributed by atoms with Gasteiger partial charge in [-0.3, -0.25) is 0 Å². The number of hydrogen-bond acceptors (Lipinski definition) is 2. The van der Waals surface area contributed by atoms with Crippen LogP contribution in [0.5, 0.6) is 0 Å². The van der Waals surface area contributed by atoms with E-state index >= 15 is 0 Å². The quantitative estimate of drug-likeness (QED) is 0.664. The van der Waals surface area contributed by atoms with Gasteiger partial charge in [0.1, 0.15) is 0 Å². The first-order valence-corrected chi connectivity index (χ1v) is 9.55. The van der Waals surface area contributed by atoms with Crippen molar-refractivity contribution in [2.45, 2.75) is 90.8 Å². The van der Waals surface area contributed by atoms with E-state index in [4.69, 9.17) is 4.74 Å². The molecule has 0 aromatic heterocycles. The lowest BCUT2D eigenvalue weighted by molar-refractivity contribution is -0.0300. The van der Waals surface area contributed by atoms with Gasteiger partial charge in [-0.25, -0.2) is 0 Å². The van der Waals surface area contributed by atoms with E-state index in [0.29, 0.717) is 12.2 Å². The summed E-state index contributed by atoms with van der Waals surface area (Å²) >= 11 is 0. The molecule has 0 N–H and O–H groups in total. The highest BCUT2D eigenvalue weighted by Gasteiger charge is 2.23. The average Bonchev–Trinajstić information content (AvgIpc) is 2.51. The van der Waals surface area contributed by atoms with Gasteiger partial charge in [-0.2, -0.15) is 0 Å². The van der Waals surface area contributed by atoms with Crippen molar-refractivity contribution in [1.29, 1.82) is 0 Å². The third-order valence-electron chi connectivity index (χ3n) is 5.76. The molecule has 2 aliphatic rings. The lowest BCUT2D eigenvalue weighted by Crippen LogP contribution is -2.34. The van der Waals surface area contributed by atoms with Gasteiger partial charge in [0.2, 0.25) is 0 Å². The molecule has 0 aromatic rings. The summed E-state index contributed by atoms with van der Waals surface area (Å²) in [6.45, 7) is 10.9. The molecule has 2 nitrogen and oxygen atoms in total. The minimum absolute atomic E-state index is 0.452. The maximum atomic E-state index is 6.09. The Balaban J connectivity index is 1.53. The van der Waals surface area contributed by atoms with E-state index in [0.717, 1.165) is 18.3 Å². The van der Waals surface area contributed by atoms with E-state index in [2.05, 4.69) is 25.7 Å². The van der Waals surface area contributed by atoms with E-state index in [1.807, 2.05) is 0 Å². The Labute approximate surface area is 132 Å². The lowest BCUT2D eigenvalue weighted by atomic mass is 9.84. The average molecular weight is 296 g/mol. The Bertz CT molecular complexity index is 265. The first-order chi connectivity index (χ1) is 10.2. The number of nitrogens with zero attached hydrogens (tertiary/aromatic N) is 1. The van der Waals surface area contributed by atoms with E-state index in [1.165, 1.54) is 71.0 Å². The third-order valence-corrected chi connectivity index (χ3v) is 5.76. The summed E-state index contributed by atoms with van der Waals surface area (Å²) in [7, 11) is 0. The largest absolute Gasteiger partial charge is 0.375 e. The number of ether oxygens (including phenoxy) is 1. The van der Waals surface area contributed by atoms with Crippen molar-refractivity contribution in [3.05, 3.63) is 0 Å². The van der Waals surface area contributed by atoms with Crippen LogP contribution in [-0.2, 0) is 4.74 Å². The molecular formula is C19H37NO. The molecular weight excluding hydrogens is 258 g/mol. The third kappa shape index (κ3) is 6.28. The molecule has 0 aromatic carbocycles. The summed E-state index contributed by atoms with van der Waals surface area (Å²) < 4.78 is 6.09. The first-order valence-electron chi connectivity index (χ1n) is 9.55. The Morgan fingerprint density at radius 3 is 2.33 bits per heavy atom. The molecule has 1 saturated carbocycles. The molecule has 21 heavy (non-hydrogen) atoms. The van der Waals surface area contributed by atoms with Gasteiger partial charge >= 0.3 is 0 Å². The van der Waals surface area contributed by atoms with Crippen LogP contribution in [0.15, 0.2) is 0 Å². The summed E-state index contributed by atoms with van der Waals surface area (Å²) in [4.78, 5) is 2.69. The normalized spacial score (nSPS) is 30.4. The number of likely N-dealkylation sites (tertiary alicyclic amines) is 1. The molecule has 1 aliphatic carbocycles. The molecule has 1 aliphatic heterocycles. The second-order valence-electron chi connectivity index (χ2n) is 7.66. The SMILES string of the molecule is CCC(C)OC1CCC(CCCN2CCC(C)CC2)CC1. The predicted octanol–water partition coefficient (Wildman–Crippen LogP) is 4.87. The Hall–Kier alpha value is -0.0800. The summed E-state index contributed by atoms with van der Waals surface area (Å²) in [5.74, 6) is 1.94. The molecule has 124 valence electrons. The fourth-order valence-electron chi connectivity index (χ4n) is 3.87. The van der Waals surface area contributed by atoms with Crippen molar-refractivity contribution in [3.63, 3.8) is 0 Å². The Morgan fingerprint density at radius 2 is 1.71 bits per heavy atom. The van der Waals surface area contributed by atoms with E-state index in [-0.39, 0.29) is 0 Å². The van der Waals surface area contributed by atoms with Gasteiger partial charge in [0.05, 0.1) is 12.2 Å². The monoisotopic (exact) mass is 295 g/mol. The van der Waals surface area contributed by atoms with Gasteiger partial charge in [-0.15, -0.1) is 0 Å². The first kappa shape index (κ1) is 17.3. The van der Waals surface area contributed by atoms with Gasteiger partial charge in [-0.05, 0) is 96.2 Å². The van der Waals surface area contributed by atoms with Crippen molar-refractivity contribution in [2.24, 2.45) is 11.8 Å². The van der Waals surface area contributed by atoms with Crippen LogP contribution in [0.4, 0.5) is 0 Å². The van der Waals surface area contributed by atoms with Crippen LogP contribution in [0.3, 0.4) is 0 Å². The minimum Gasteiger partial charge on any atom is -0.375 e. The van der Waals surface area contributed by atoms with Crippen molar-refractivity contribution >= 4 is 0 Å². The van der Waals surface area contributed by atoms with Crippen LogP contribution in [-0.4, -0.2) is 36.7 Å². The molecule has 1 unspecified atom stereocenters. The van der Waals surface area contributed by atoms with Crippen LogP contribution < -0.4 is 0 Å². The number of piperidine rings is 1. The topological polar surface area (TPSA) is 12.5 Å². The maximum Gasteiger partial charge on any atom is 0.0579 e. The van der Waals surface area contributed by atoms with Gasteiger partial charge in [0.15, 0.2) is 0 Å². The summed E-state index contributed by atoms with van der Waals surface area (Å²) in [6, 6.07) is 0. The van der Waals surface area contributed by atoms with Crippen molar-refractivity contribution in [1.82, 2.24) is 4.90 Å². The van der Waals surface area contributed by atoms with E-state index in [1.54, 1.807) is 0 Å². The number of rotatable bonds is 7. The fourth-order valence-corrected chi connectivity index (χ4v) is 3.87. The van der Waals surface area contributed by atoms with Crippen LogP contribution in [0, 0.1) is 11.8 Å². The molecule has 2 rings (SSSR count). The molecule has 2 fully saturated rings. The highest BCUT2D eigenvalue weighted by atomic mass is 16.5. The standard InChI is InChI=1S/C19H37NO/c1-4-17(3)21-19-9-7-18(8-10-19)6-5-13-20-14-11-16(2)12-15-20/h16-19H,4-15H2,1-3H3. The van der Waals surface area contributed by atoms with Gasteiger partial charge in [0.25, 0.3) is 0 Å². The zero-order valence-electron chi connectivity index (χ0n) is 14.7. The summed E-state index contributed by atoms with van der Waals surface area (Å²) in [5, 5.41) is 0. The number of hydrogen-bond donors (Lipinski definition) is 0. The molecule has 1 atom stereocenters. The lowest BCUT2D eigenvalue weighted by Gasteiger charge is -2.32. The van der Waals surface area contributed by atoms with Crippen LogP contribution in [0.25, 0.3) is 0 Å². The van der Waals surface area contributed by atoms with Crippen LogP contribution in [0.2, 0.25) is 0 Å². The Morgan fingerprint density at radius 1 is 1.05 bits per heavy atom. The Kier molecular flexibility index (Phi) is 7.53. The molecule has 0 radical (unpaired) electrons. The van der Waals surface area contributed by atoms with Crippen LogP contribution in [0.1, 0.15) is 78.6 Å². The second-order valence-corrected chi connectivity index (χ2v) is 7.66. The highest BCUT2D eigenvalue weighted by Crippen LogP contribution is 2.30. The predicted molar refractivity (Wildman–Crippen MR) is 90.7 cm³/mol. The van der Waals surface area contributed by atoms with Gasteiger partial charge < -0.3 is 9.64 Å². The smallest absolute Gasteiger partial charge is 0.0579 e. The van der Waals surface area contributed by atoms with Crippen molar-refractivity contribution < 1.29 is 4.74 Å². The summed E-state index contributed by atoms with van der Waals surface area (Å²) in [6.07, 6.45) is 13.2. The van der Waals surface area contributed by atoms with Crippen molar-refractivity contribution in [2.75, 3.05) is 19.6 Å². The molecule has 1 heterocycles. The molecule has 0 spiro atoms. The molecule has 0 amide bonds. The van der Waals surface area contributed by atoms with Gasteiger partial charge in [-0.1, -0.05) is 13.8 Å². The summed E-state index contributed by atoms with van der Waals surface area (Å²) in [5.41, 5.74) is 0. The fraction of sp³-hybridized carbons (Fsp3) is 1.00. The maximum absolute atomic E-state index is 6.09. The van der Waals surface area contributed by atoms with E-state index in [9.17, 15) is 0 Å². The van der Waals surface area contributed by atoms with Crippen LogP contribution >= 0.6 is 0 Å². The molecule has 0 bridgehead atoms. The van der Waals surface area contributed by atoms with E-state index < -0.39 is 0 Å². The molecule has 2 heteroatoms. The second kappa shape index (κ2) is 9.15. The zero-order chi connectivity index (χ0) is 15.1. The van der Waals surface area contributed by atoms with Gasteiger partial charge in [0, 0.05) is 0 Å². The molecule has 1 saturated heterocycles. The minimum atomic E-state index is 0.452. The van der Waals surface area contributed by atoms with Crippen molar-refractivity contribution in [3.8, 4) is 0 Å². The highest BCUT2D eigenvalue weighted by molar-refractivity contribution is 4.75.